The summed E-state index contributed by atoms with van der Waals surface area (Å²) < 4.78 is 25.5. The van der Waals surface area contributed by atoms with E-state index in [-0.39, 0.29) is 17.8 Å². The van der Waals surface area contributed by atoms with Crippen molar-refractivity contribution in [3.8, 4) is 0 Å². The zero-order valence-electron chi connectivity index (χ0n) is 20.4. The fourth-order valence-corrected chi connectivity index (χ4v) is 6.64. The maximum absolute atomic E-state index is 16.2. The van der Waals surface area contributed by atoms with E-state index in [4.69, 9.17) is 16.3 Å². The van der Waals surface area contributed by atoms with E-state index in [1.54, 1.807) is 6.33 Å². The van der Waals surface area contributed by atoms with Gasteiger partial charge in [-0.1, -0.05) is 125 Å². The molecule has 2 aromatic heterocycles. The monoisotopic (exact) mass is 638 g/mol. The van der Waals surface area contributed by atoms with Crippen LogP contribution in [0.4, 0.5) is 4.39 Å². The Bertz CT molecular complexity index is 1440. The normalized spacial score (nSPS) is 21.3. The van der Waals surface area contributed by atoms with Crippen molar-refractivity contribution in [2.24, 2.45) is 5.92 Å². The molecule has 38 heavy (non-hydrogen) atoms. The van der Waals surface area contributed by atoms with E-state index in [9.17, 15) is 0 Å². The Balaban J connectivity index is 1.44. The van der Waals surface area contributed by atoms with Crippen molar-refractivity contribution < 1.29 is 9.13 Å². The Morgan fingerprint density at radius 3 is 1.97 bits per heavy atom. The van der Waals surface area contributed by atoms with Gasteiger partial charge in [0.25, 0.3) is 0 Å². The summed E-state index contributed by atoms with van der Waals surface area (Å²) in [7, 11) is 0. The third-order valence-corrected chi connectivity index (χ3v) is 9.14. The molecule has 0 unspecified atom stereocenters. The van der Waals surface area contributed by atoms with Gasteiger partial charge in [-0.15, -0.1) is 0 Å². The molecule has 0 bridgehead atoms. The molecular formula is C30H25ClFIN4O. The Kier molecular flexibility index (Phi) is 6.92. The van der Waals surface area contributed by atoms with Crippen LogP contribution in [-0.4, -0.2) is 36.2 Å². The first kappa shape index (κ1) is 25.4. The van der Waals surface area contributed by atoms with Crippen molar-refractivity contribution in [2.75, 3.05) is 11.0 Å². The first-order valence-electron chi connectivity index (χ1n) is 12.5. The number of fused-ring (bicyclic) bond motifs is 1. The maximum atomic E-state index is 16.2. The largest absolute Gasteiger partial charge is 0.360 e. The third-order valence-electron chi connectivity index (χ3n) is 7.59. The zero-order chi connectivity index (χ0) is 26.2. The Hall–Kier alpha value is -2.88. The van der Waals surface area contributed by atoms with Crippen LogP contribution in [-0.2, 0) is 10.3 Å². The van der Waals surface area contributed by atoms with Crippen LogP contribution < -0.4 is 0 Å². The summed E-state index contributed by atoms with van der Waals surface area (Å²) in [5, 5.41) is 0.289. The smallest absolute Gasteiger partial charge is 0.165 e. The number of rotatable bonds is 8. The summed E-state index contributed by atoms with van der Waals surface area (Å²) in [5.74, 6) is -0.416. The van der Waals surface area contributed by atoms with Gasteiger partial charge in [-0.3, -0.25) is 0 Å². The fraction of sp³-hybridized carbons (Fsp3) is 0.233. The Morgan fingerprint density at radius 2 is 1.45 bits per heavy atom. The van der Waals surface area contributed by atoms with Gasteiger partial charge >= 0.3 is 0 Å². The molecule has 0 N–H and O–H groups in total. The van der Waals surface area contributed by atoms with Crippen molar-refractivity contribution in [1.82, 2.24) is 19.5 Å². The van der Waals surface area contributed by atoms with Crippen molar-refractivity contribution in [3.05, 3.63) is 125 Å². The number of hydrogen-bond donors (Lipinski definition) is 0. The maximum Gasteiger partial charge on any atom is 0.165 e. The molecule has 0 spiro atoms. The SMILES string of the molecule is F[C@]1(CI)C[C@@H](n2cnc3c(Cl)ncnc32)[C@@H]1COC(c1ccccc1)(c1ccccc1)c1ccccc1. The van der Waals surface area contributed by atoms with Gasteiger partial charge in [-0.2, -0.15) is 0 Å². The summed E-state index contributed by atoms with van der Waals surface area (Å²) in [6.07, 6.45) is 3.46. The average Bonchev–Trinajstić information content (AvgIpc) is 3.40. The van der Waals surface area contributed by atoms with E-state index in [1.807, 2.05) is 59.2 Å². The second kappa shape index (κ2) is 10.4. The van der Waals surface area contributed by atoms with Crippen LogP contribution >= 0.6 is 34.2 Å². The topological polar surface area (TPSA) is 52.8 Å². The van der Waals surface area contributed by atoms with Crippen molar-refractivity contribution in [1.29, 1.82) is 0 Å². The first-order valence-corrected chi connectivity index (χ1v) is 14.4. The number of ether oxygens (including phenoxy) is 1. The number of alkyl halides is 2. The lowest BCUT2D eigenvalue weighted by molar-refractivity contribution is -0.114. The molecule has 192 valence electrons. The van der Waals surface area contributed by atoms with Gasteiger partial charge in [0, 0.05) is 22.8 Å². The van der Waals surface area contributed by atoms with Crippen LogP contribution in [0.3, 0.4) is 0 Å². The van der Waals surface area contributed by atoms with Gasteiger partial charge in [0.15, 0.2) is 10.8 Å². The van der Waals surface area contributed by atoms with Crippen LogP contribution in [0.2, 0.25) is 5.15 Å². The molecule has 1 aliphatic carbocycles. The molecule has 5 nitrogen and oxygen atoms in total. The van der Waals surface area contributed by atoms with E-state index < -0.39 is 17.2 Å². The van der Waals surface area contributed by atoms with E-state index >= 15 is 4.39 Å². The average molecular weight is 639 g/mol. The molecule has 3 aromatic carbocycles. The Morgan fingerprint density at radius 1 is 0.895 bits per heavy atom. The van der Waals surface area contributed by atoms with E-state index in [0.29, 0.717) is 22.0 Å². The van der Waals surface area contributed by atoms with E-state index in [1.165, 1.54) is 6.33 Å². The fourth-order valence-electron chi connectivity index (χ4n) is 5.58. The van der Waals surface area contributed by atoms with Gasteiger partial charge in [0.1, 0.15) is 23.1 Å². The number of halogens is 3. The van der Waals surface area contributed by atoms with Gasteiger partial charge in [-0.05, 0) is 16.7 Å². The molecule has 2 heterocycles. The Labute approximate surface area is 239 Å². The quantitative estimate of drug-likeness (QED) is 0.0782. The minimum atomic E-state index is -1.38. The molecule has 0 saturated heterocycles. The van der Waals surface area contributed by atoms with Crippen molar-refractivity contribution >= 4 is 45.4 Å². The molecule has 3 atom stereocenters. The highest BCUT2D eigenvalue weighted by Crippen LogP contribution is 2.53. The molecule has 8 heteroatoms. The van der Waals surface area contributed by atoms with Crippen LogP contribution in [0.5, 0.6) is 0 Å². The molecule has 1 saturated carbocycles. The summed E-state index contributed by atoms with van der Waals surface area (Å²) >= 11 is 8.39. The predicted molar refractivity (Wildman–Crippen MR) is 155 cm³/mol. The summed E-state index contributed by atoms with van der Waals surface area (Å²) in [4.78, 5) is 12.9. The molecule has 0 amide bonds. The van der Waals surface area contributed by atoms with Crippen molar-refractivity contribution in [3.63, 3.8) is 0 Å². The van der Waals surface area contributed by atoms with Crippen molar-refractivity contribution in [2.45, 2.75) is 23.7 Å². The molecule has 1 aliphatic rings. The molecule has 1 fully saturated rings. The van der Waals surface area contributed by atoms with Crippen LogP contribution in [0.25, 0.3) is 11.2 Å². The summed E-state index contributed by atoms with van der Waals surface area (Å²) in [6, 6.07) is 30.3. The molecular weight excluding hydrogens is 614 g/mol. The number of hydrogen-bond acceptors (Lipinski definition) is 4. The minimum absolute atomic E-state index is 0.175. The molecule has 0 radical (unpaired) electrons. The number of aromatic nitrogens is 4. The van der Waals surface area contributed by atoms with Gasteiger partial charge < -0.3 is 9.30 Å². The number of benzene rings is 3. The molecule has 5 aromatic rings. The van der Waals surface area contributed by atoms with E-state index in [2.05, 4.69) is 73.9 Å². The van der Waals surface area contributed by atoms with Crippen LogP contribution in [0.1, 0.15) is 29.2 Å². The van der Waals surface area contributed by atoms with Gasteiger partial charge in [0.2, 0.25) is 0 Å². The highest BCUT2D eigenvalue weighted by Gasteiger charge is 2.56. The van der Waals surface area contributed by atoms with Crippen LogP contribution in [0.15, 0.2) is 104 Å². The lowest BCUT2D eigenvalue weighted by atomic mass is 9.67. The predicted octanol–water partition coefficient (Wildman–Crippen LogP) is 7.19. The first-order chi connectivity index (χ1) is 18.6. The zero-order valence-corrected chi connectivity index (χ0v) is 23.3. The number of nitrogens with zero attached hydrogens (tertiary/aromatic N) is 4. The molecule has 6 rings (SSSR count). The van der Waals surface area contributed by atoms with Gasteiger partial charge in [0.05, 0.1) is 12.9 Å². The van der Waals surface area contributed by atoms with E-state index in [0.717, 1.165) is 16.7 Å². The number of imidazole rings is 1. The second-order valence-electron chi connectivity index (χ2n) is 9.63. The van der Waals surface area contributed by atoms with Crippen LogP contribution in [0, 0.1) is 5.92 Å². The lowest BCUT2D eigenvalue weighted by Gasteiger charge is -2.50. The summed E-state index contributed by atoms with van der Waals surface area (Å²) in [6.45, 7) is 0.196. The third kappa shape index (κ3) is 4.21. The summed E-state index contributed by atoms with van der Waals surface area (Å²) in [5.41, 5.74) is 1.79. The highest BCUT2D eigenvalue weighted by atomic mass is 127. The van der Waals surface area contributed by atoms with Gasteiger partial charge in [-0.25, -0.2) is 19.3 Å². The standard InChI is InChI=1S/C30H25ClFIN4O/c31-27-26-28(35-19-34-27)37(20-36-26)25-16-29(32,18-33)24(25)17-38-30(21-10-4-1-5-11-21,22-12-6-2-7-13-22)23-14-8-3-9-15-23/h1-15,19-20,24-25H,16-18H2/t24-,25+,29-/m0/s1. The minimum Gasteiger partial charge on any atom is -0.360 e. The second-order valence-corrected chi connectivity index (χ2v) is 10.7. The highest BCUT2D eigenvalue weighted by molar-refractivity contribution is 14.1. The molecule has 0 aliphatic heterocycles. The lowest BCUT2D eigenvalue weighted by Crippen LogP contribution is -2.55.